The number of rotatable bonds is 4. The van der Waals surface area contributed by atoms with E-state index in [1.807, 2.05) is 6.07 Å². The van der Waals surface area contributed by atoms with Gasteiger partial charge in [0.05, 0.1) is 26.4 Å². The third-order valence-corrected chi connectivity index (χ3v) is 3.62. The van der Waals surface area contributed by atoms with Crippen molar-refractivity contribution in [2.24, 2.45) is 0 Å². The maximum atomic E-state index is 12.3. The summed E-state index contributed by atoms with van der Waals surface area (Å²) in [5.41, 5.74) is 1.80. The van der Waals surface area contributed by atoms with E-state index < -0.39 is 0 Å². The Balaban J connectivity index is 2.02. The number of carbonyl (C=O) groups is 1. The van der Waals surface area contributed by atoms with Gasteiger partial charge in [-0.25, -0.2) is 0 Å². The number of allylic oxidation sites excluding steroid dienone is 1. The van der Waals surface area contributed by atoms with Crippen LogP contribution in [0.3, 0.4) is 0 Å². The van der Waals surface area contributed by atoms with Crippen molar-refractivity contribution in [1.29, 1.82) is 0 Å². The molecule has 0 spiro atoms. The molecule has 118 valence electrons. The molecule has 0 bridgehead atoms. The lowest BCUT2D eigenvalue weighted by molar-refractivity contribution is 0.101. The number of methoxy groups -OCH3 is 2. The van der Waals surface area contributed by atoms with E-state index >= 15 is 0 Å². The second-order valence-corrected chi connectivity index (χ2v) is 5.01. The number of Topliss-reactive ketones (excluding diaryl/α,β-unsaturated/α-hetero) is 1. The fourth-order valence-electron chi connectivity index (χ4n) is 2.55. The molecule has 5 nitrogen and oxygen atoms in total. The number of hydrogen-bond acceptors (Lipinski definition) is 5. The normalized spacial score (nSPS) is 14.6. The molecule has 1 N–H and O–H groups in total. The van der Waals surface area contributed by atoms with Crippen molar-refractivity contribution in [3.05, 3.63) is 58.8 Å². The van der Waals surface area contributed by atoms with Crippen LogP contribution in [0, 0.1) is 0 Å². The fourth-order valence-corrected chi connectivity index (χ4v) is 2.55. The van der Waals surface area contributed by atoms with E-state index in [0.29, 0.717) is 33.9 Å². The molecule has 1 heterocycles. The predicted molar refractivity (Wildman–Crippen MR) is 84.8 cm³/mol. The molecule has 2 aromatic carbocycles. The van der Waals surface area contributed by atoms with Crippen LogP contribution in [-0.4, -0.2) is 25.1 Å². The first-order valence-electron chi connectivity index (χ1n) is 7.07. The van der Waals surface area contributed by atoms with Gasteiger partial charge in [0.15, 0.2) is 17.3 Å². The molecule has 0 saturated carbocycles. The van der Waals surface area contributed by atoms with Crippen LogP contribution in [0.1, 0.15) is 21.5 Å². The highest BCUT2D eigenvalue weighted by Crippen LogP contribution is 2.35. The molecule has 0 unspecified atom stereocenters. The van der Waals surface area contributed by atoms with Crippen molar-refractivity contribution in [2.75, 3.05) is 14.2 Å². The zero-order chi connectivity index (χ0) is 16.4. The number of para-hydroxylation sites is 1. The van der Waals surface area contributed by atoms with Gasteiger partial charge >= 0.3 is 0 Å². The predicted octanol–water partition coefficient (Wildman–Crippen LogP) is 2.81. The first kappa shape index (κ1) is 15.1. The number of benzene rings is 2. The Morgan fingerprint density at radius 3 is 2.61 bits per heavy atom. The van der Waals surface area contributed by atoms with E-state index in [2.05, 4.69) is 0 Å². The van der Waals surface area contributed by atoms with Gasteiger partial charge in [0, 0.05) is 5.56 Å². The SMILES string of the molecule is COc1cc(C=C2Oc3ccccc3C2=O)cc(CO)c1OC. The minimum atomic E-state index is -0.203. The molecule has 1 aliphatic heterocycles. The van der Waals surface area contributed by atoms with Crippen molar-refractivity contribution < 1.29 is 24.1 Å². The van der Waals surface area contributed by atoms with Crippen molar-refractivity contribution in [2.45, 2.75) is 6.61 Å². The Kier molecular flexibility index (Phi) is 4.04. The Morgan fingerprint density at radius 2 is 1.96 bits per heavy atom. The lowest BCUT2D eigenvalue weighted by Crippen LogP contribution is -2.00. The smallest absolute Gasteiger partial charge is 0.231 e. The molecular weight excluding hydrogens is 296 g/mol. The molecule has 0 saturated heterocycles. The number of ether oxygens (including phenoxy) is 3. The monoisotopic (exact) mass is 312 g/mol. The van der Waals surface area contributed by atoms with E-state index in [0.717, 1.165) is 0 Å². The quantitative estimate of drug-likeness (QED) is 0.880. The summed E-state index contributed by atoms with van der Waals surface area (Å²) >= 11 is 0. The molecule has 0 amide bonds. The Hall–Kier alpha value is -2.79. The van der Waals surface area contributed by atoms with E-state index in [-0.39, 0.29) is 18.1 Å². The summed E-state index contributed by atoms with van der Waals surface area (Å²) in [6, 6.07) is 10.5. The van der Waals surface area contributed by atoms with Crippen LogP contribution in [-0.2, 0) is 6.61 Å². The van der Waals surface area contributed by atoms with Crippen molar-refractivity contribution in [1.82, 2.24) is 0 Å². The zero-order valence-corrected chi connectivity index (χ0v) is 12.8. The average molecular weight is 312 g/mol. The zero-order valence-electron chi connectivity index (χ0n) is 12.8. The molecule has 0 fully saturated rings. The molecular formula is C18H16O5. The van der Waals surface area contributed by atoms with E-state index in [4.69, 9.17) is 14.2 Å². The summed E-state index contributed by atoms with van der Waals surface area (Å²) in [4.78, 5) is 12.3. The summed E-state index contributed by atoms with van der Waals surface area (Å²) in [6.07, 6.45) is 1.63. The summed E-state index contributed by atoms with van der Waals surface area (Å²) in [6.45, 7) is -0.203. The molecule has 0 radical (unpaired) electrons. The van der Waals surface area contributed by atoms with Crippen LogP contribution in [0.5, 0.6) is 17.2 Å². The van der Waals surface area contributed by atoms with Gasteiger partial charge in [0.25, 0.3) is 0 Å². The number of hydrogen-bond donors (Lipinski definition) is 1. The van der Waals surface area contributed by atoms with Gasteiger partial charge in [-0.3, -0.25) is 4.79 Å². The lowest BCUT2D eigenvalue weighted by Gasteiger charge is -2.12. The molecule has 3 rings (SSSR count). The molecule has 23 heavy (non-hydrogen) atoms. The molecule has 0 aromatic heterocycles. The van der Waals surface area contributed by atoms with Crippen molar-refractivity contribution in [3.8, 4) is 17.2 Å². The maximum Gasteiger partial charge on any atom is 0.231 e. The standard InChI is InChI=1S/C18H16O5/c1-21-16-9-11(7-12(10-19)18(16)22-2)8-15-17(20)13-5-3-4-6-14(13)23-15/h3-9,19H,10H2,1-2H3. The third-order valence-electron chi connectivity index (χ3n) is 3.62. The molecule has 0 aliphatic carbocycles. The molecule has 1 aliphatic rings. The van der Waals surface area contributed by atoms with Crippen LogP contribution in [0.2, 0.25) is 0 Å². The van der Waals surface area contributed by atoms with Gasteiger partial charge in [0.1, 0.15) is 5.75 Å². The van der Waals surface area contributed by atoms with Crippen LogP contribution < -0.4 is 14.2 Å². The highest BCUT2D eigenvalue weighted by Gasteiger charge is 2.26. The Morgan fingerprint density at radius 1 is 1.17 bits per heavy atom. The van der Waals surface area contributed by atoms with E-state index in [9.17, 15) is 9.90 Å². The average Bonchev–Trinajstić information content (AvgIpc) is 2.90. The van der Waals surface area contributed by atoms with E-state index in [1.165, 1.54) is 14.2 Å². The summed E-state index contributed by atoms with van der Waals surface area (Å²) in [5, 5.41) is 9.49. The van der Waals surface area contributed by atoms with Gasteiger partial charge in [0.2, 0.25) is 5.78 Å². The number of aliphatic hydroxyl groups excluding tert-OH is 1. The third kappa shape index (κ3) is 2.66. The second-order valence-electron chi connectivity index (χ2n) is 5.01. The molecule has 2 aromatic rings. The summed E-state index contributed by atoms with van der Waals surface area (Å²) < 4.78 is 16.1. The number of carbonyl (C=O) groups excluding carboxylic acids is 1. The fraction of sp³-hybridized carbons (Fsp3) is 0.167. The van der Waals surface area contributed by atoms with Gasteiger partial charge in [-0.1, -0.05) is 12.1 Å². The van der Waals surface area contributed by atoms with Gasteiger partial charge in [-0.15, -0.1) is 0 Å². The van der Waals surface area contributed by atoms with Crippen LogP contribution >= 0.6 is 0 Å². The van der Waals surface area contributed by atoms with Gasteiger partial charge in [-0.05, 0) is 35.9 Å². The van der Waals surface area contributed by atoms with Crippen molar-refractivity contribution in [3.63, 3.8) is 0 Å². The highest BCUT2D eigenvalue weighted by atomic mass is 16.5. The van der Waals surface area contributed by atoms with Crippen molar-refractivity contribution >= 4 is 11.9 Å². The van der Waals surface area contributed by atoms with Crippen LogP contribution in [0.25, 0.3) is 6.08 Å². The van der Waals surface area contributed by atoms with E-state index in [1.54, 1.807) is 36.4 Å². The van der Waals surface area contributed by atoms with Gasteiger partial charge in [-0.2, -0.15) is 0 Å². The van der Waals surface area contributed by atoms with Gasteiger partial charge < -0.3 is 19.3 Å². The van der Waals surface area contributed by atoms with Crippen LogP contribution in [0.4, 0.5) is 0 Å². The maximum absolute atomic E-state index is 12.3. The van der Waals surface area contributed by atoms with Crippen LogP contribution in [0.15, 0.2) is 42.2 Å². The second kappa shape index (κ2) is 6.14. The number of aliphatic hydroxyl groups is 1. The Labute approximate surface area is 133 Å². The topological polar surface area (TPSA) is 65.0 Å². The molecule has 0 atom stereocenters. The summed E-state index contributed by atoms with van der Waals surface area (Å²) in [5.74, 6) is 1.57. The largest absolute Gasteiger partial charge is 0.493 e. The molecule has 5 heteroatoms. The summed E-state index contributed by atoms with van der Waals surface area (Å²) in [7, 11) is 3.03. The minimum absolute atomic E-state index is 0.166. The minimum Gasteiger partial charge on any atom is -0.493 e. The first-order valence-corrected chi connectivity index (χ1v) is 7.07. The number of fused-ring (bicyclic) bond motifs is 1. The highest BCUT2D eigenvalue weighted by molar-refractivity contribution is 6.14. The number of ketones is 1. The Bertz CT molecular complexity index is 767. The first-order chi connectivity index (χ1) is 11.2. The lowest BCUT2D eigenvalue weighted by atomic mass is 10.1.